The highest BCUT2D eigenvalue weighted by Gasteiger charge is 2.49. The van der Waals surface area contributed by atoms with Crippen molar-refractivity contribution in [3.8, 4) is 0 Å². The number of methoxy groups -OCH3 is 1. The Balaban J connectivity index is 1.59. The molecule has 0 aromatic heterocycles. The van der Waals surface area contributed by atoms with Crippen LogP contribution in [-0.4, -0.2) is 30.8 Å². The van der Waals surface area contributed by atoms with Gasteiger partial charge in [-0.25, -0.2) is 9.69 Å². The fraction of sp³-hybridized carbons (Fsp3) is 0.250. The number of benzene rings is 2. The van der Waals surface area contributed by atoms with Gasteiger partial charge in [-0.15, -0.1) is 0 Å². The predicted molar refractivity (Wildman–Crippen MR) is 115 cm³/mol. The van der Waals surface area contributed by atoms with Crippen LogP contribution in [0.4, 0.5) is 11.4 Å². The first-order valence-electron chi connectivity index (χ1n) is 10.0. The Kier molecular flexibility index (Phi) is 5.42. The number of esters is 1. The standard InChI is InChI=1S/C24H22N2O5/c1-14-7-12-17-19(13-14)23(29)26(22(17)28)20-6-4-3-5-18(20)21(27)25-16-10-8-15(9-11-16)24(30)31-2/h3-11,17,19H,12-13H2,1-2H3,(H,25,27)/t17-,19-/m0/s1. The molecule has 1 aliphatic heterocycles. The van der Waals surface area contributed by atoms with Crippen LogP contribution in [0.25, 0.3) is 0 Å². The molecule has 0 bridgehead atoms. The fourth-order valence-electron chi connectivity index (χ4n) is 4.14. The van der Waals surface area contributed by atoms with Gasteiger partial charge in [0, 0.05) is 5.69 Å². The summed E-state index contributed by atoms with van der Waals surface area (Å²) >= 11 is 0. The number of amides is 3. The Bertz CT molecular complexity index is 1100. The number of carbonyl (C=O) groups excluding carboxylic acids is 4. The van der Waals surface area contributed by atoms with E-state index in [2.05, 4.69) is 10.1 Å². The quantitative estimate of drug-likeness (QED) is 0.466. The first kappa shape index (κ1) is 20.5. The molecule has 2 aromatic carbocycles. The molecule has 0 saturated carbocycles. The maximum atomic E-state index is 13.1. The second kappa shape index (κ2) is 8.18. The van der Waals surface area contributed by atoms with Gasteiger partial charge in [0.15, 0.2) is 0 Å². The third-order valence-electron chi connectivity index (χ3n) is 5.78. The Morgan fingerprint density at radius 1 is 1.00 bits per heavy atom. The van der Waals surface area contributed by atoms with Crippen LogP contribution >= 0.6 is 0 Å². The van der Waals surface area contributed by atoms with Crippen molar-refractivity contribution >= 4 is 35.1 Å². The van der Waals surface area contributed by atoms with Gasteiger partial charge in [-0.05, 0) is 56.2 Å². The van der Waals surface area contributed by atoms with Crippen LogP contribution in [-0.2, 0) is 14.3 Å². The van der Waals surface area contributed by atoms with Crippen molar-refractivity contribution in [3.63, 3.8) is 0 Å². The molecule has 7 nitrogen and oxygen atoms in total. The number of imide groups is 1. The molecule has 31 heavy (non-hydrogen) atoms. The third kappa shape index (κ3) is 3.74. The van der Waals surface area contributed by atoms with E-state index in [9.17, 15) is 19.2 Å². The van der Waals surface area contributed by atoms with Crippen LogP contribution in [0.2, 0.25) is 0 Å². The minimum absolute atomic E-state index is 0.226. The number of para-hydroxylation sites is 1. The zero-order valence-electron chi connectivity index (χ0n) is 17.3. The zero-order valence-corrected chi connectivity index (χ0v) is 17.3. The van der Waals surface area contributed by atoms with Crippen molar-refractivity contribution in [3.05, 3.63) is 71.3 Å². The van der Waals surface area contributed by atoms with Crippen molar-refractivity contribution in [2.45, 2.75) is 19.8 Å². The monoisotopic (exact) mass is 418 g/mol. The topological polar surface area (TPSA) is 92.8 Å². The van der Waals surface area contributed by atoms with Gasteiger partial charge in [-0.3, -0.25) is 14.4 Å². The second-order valence-electron chi connectivity index (χ2n) is 7.76. The van der Waals surface area contributed by atoms with E-state index in [1.165, 1.54) is 7.11 Å². The third-order valence-corrected chi connectivity index (χ3v) is 5.78. The smallest absolute Gasteiger partial charge is 0.337 e. The normalized spacial score (nSPS) is 20.2. The molecular weight excluding hydrogens is 396 g/mol. The van der Waals surface area contributed by atoms with Gasteiger partial charge in [-0.2, -0.15) is 0 Å². The van der Waals surface area contributed by atoms with Crippen LogP contribution in [0.15, 0.2) is 60.2 Å². The Hall–Kier alpha value is -3.74. The summed E-state index contributed by atoms with van der Waals surface area (Å²) < 4.78 is 4.67. The summed E-state index contributed by atoms with van der Waals surface area (Å²) in [4.78, 5) is 51.8. The molecule has 0 unspecified atom stereocenters. The average molecular weight is 418 g/mol. The summed E-state index contributed by atoms with van der Waals surface area (Å²) in [6.45, 7) is 1.96. The lowest BCUT2D eigenvalue weighted by molar-refractivity contribution is -0.122. The lowest BCUT2D eigenvalue weighted by atomic mass is 9.82. The minimum Gasteiger partial charge on any atom is -0.465 e. The molecule has 1 aliphatic carbocycles. The van der Waals surface area contributed by atoms with Gasteiger partial charge in [0.1, 0.15) is 0 Å². The van der Waals surface area contributed by atoms with E-state index in [1.807, 2.05) is 13.0 Å². The van der Waals surface area contributed by atoms with Crippen molar-refractivity contribution in [2.24, 2.45) is 11.8 Å². The Morgan fingerprint density at radius 3 is 2.39 bits per heavy atom. The highest BCUT2D eigenvalue weighted by atomic mass is 16.5. The average Bonchev–Trinajstić information content (AvgIpc) is 3.03. The van der Waals surface area contributed by atoms with Crippen LogP contribution in [0.3, 0.4) is 0 Å². The van der Waals surface area contributed by atoms with Crippen molar-refractivity contribution < 1.29 is 23.9 Å². The summed E-state index contributed by atoms with van der Waals surface area (Å²) in [6, 6.07) is 12.8. The lowest BCUT2D eigenvalue weighted by Gasteiger charge is -2.19. The Morgan fingerprint density at radius 2 is 1.68 bits per heavy atom. The molecule has 2 atom stereocenters. The number of hydrogen-bond acceptors (Lipinski definition) is 5. The zero-order chi connectivity index (χ0) is 22.1. The molecule has 7 heteroatoms. The van der Waals surface area contributed by atoms with Crippen LogP contribution in [0.5, 0.6) is 0 Å². The highest BCUT2D eigenvalue weighted by molar-refractivity contribution is 6.25. The second-order valence-corrected chi connectivity index (χ2v) is 7.76. The van der Waals surface area contributed by atoms with E-state index in [0.29, 0.717) is 24.1 Å². The van der Waals surface area contributed by atoms with Gasteiger partial charge in [0.2, 0.25) is 11.8 Å². The van der Waals surface area contributed by atoms with Crippen LogP contribution < -0.4 is 10.2 Å². The summed E-state index contributed by atoms with van der Waals surface area (Å²) in [5.41, 5.74) is 2.45. The van der Waals surface area contributed by atoms with Gasteiger partial charge in [-0.1, -0.05) is 23.8 Å². The number of fused-ring (bicyclic) bond motifs is 1. The number of ether oxygens (including phenoxy) is 1. The molecule has 2 aromatic rings. The number of nitrogens with zero attached hydrogens (tertiary/aromatic N) is 1. The summed E-state index contributed by atoms with van der Waals surface area (Å²) in [5.74, 6) is -2.20. The fourth-order valence-corrected chi connectivity index (χ4v) is 4.14. The maximum absolute atomic E-state index is 13.1. The summed E-state index contributed by atoms with van der Waals surface area (Å²) in [6.07, 6.45) is 3.11. The molecule has 4 rings (SSSR count). The van der Waals surface area contributed by atoms with Crippen LogP contribution in [0, 0.1) is 11.8 Å². The predicted octanol–water partition coefficient (Wildman–Crippen LogP) is 3.57. The number of nitrogens with one attached hydrogen (secondary N) is 1. The van der Waals surface area contributed by atoms with Gasteiger partial charge >= 0.3 is 5.97 Å². The minimum atomic E-state index is -0.472. The maximum Gasteiger partial charge on any atom is 0.337 e. The van der Waals surface area contributed by atoms with Gasteiger partial charge in [0.25, 0.3) is 5.91 Å². The number of anilines is 2. The van der Waals surface area contributed by atoms with Gasteiger partial charge in [0.05, 0.1) is 35.8 Å². The van der Waals surface area contributed by atoms with Gasteiger partial charge < -0.3 is 10.1 Å². The molecule has 1 N–H and O–H groups in total. The molecule has 158 valence electrons. The first-order chi connectivity index (χ1) is 14.9. The number of hydrogen-bond donors (Lipinski definition) is 1. The first-order valence-corrected chi connectivity index (χ1v) is 10.0. The van der Waals surface area contributed by atoms with Crippen molar-refractivity contribution in [1.29, 1.82) is 0 Å². The number of rotatable bonds is 4. The molecule has 3 amide bonds. The largest absolute Gasteiger partial charge is 0.465 e. The molecule has 1 saturated heterocycles. The highest BCUT2D eigenvalue weighted by Crippen LogP contribution is 2.40. The van der Waals surface area contributed by atoms with Crippen molar-refractivity contribution in [2.75, 3.05) is 17.3 Å². The van der Waals surface area contributed by atoms with E-state index in [-0.39, 0.29) is 34.9 Å². The van der Waals surface area contributed by atoms with E-state index in [1.54, 1.807) is 48.5 Å². The van der Waals surface area contributed by atoms with E-state index in [0.717, 1.165) is 10.5 Å². The summed E-state index contributed by atoms with van der Waals surface area (Å²) in [7, 11) is 1.30. The van der Waals surface area contributed by atoms with Crippen molar-refractivity contribution in [1.82, 2.24) is 0 Å². The molecule has 2 aliphatic rings. The van der Waals surface area contributed by atoms with Crippen LogP contribution in [0.1, 0.15) is 40.5 Å². The Labute approximate surface area is 179 Å². The van der Waals surface area contributed by atoms with E-state index < -0.39 is 11.9 Å². The molecule has 0 radical (unpaired) electrons. The van der Waals surface area contributed by atoms with E-state index in [4.69, 9.17) is 0 Å². The number of carbonyl (C=O) groups is 4. The molecule has 1 heterocycles. The SMILES string of the molecule is COC(=O)c1ccc(NC(=O)c2ccccc2N2C(=O)[C@H]3CC=C(C)C[C@@H]3C2=O)cc1. The molecule has 0 spiro atoms. The lowest BCUT2D eigenvalue weighted by Crippen LogP contribution is -2.33. The molecule has 1 fully saturated rings. The summed E-state index contributed by atoms with van der Waals surface area (Å²) in [5, 5.41) is 2.76. The van der Waals surface area contributed by atoms with E-state index >= 15 is 0 Å². The number of allylic oxidation sites excluding steroid dienone is 2. The molecular formula is C24H22N2O5.